The van der Waals surface area contributed by atoms with Crippen LogP contribution in [-0.2, 0) is 9.53 Å². The predicted octanol–water partition coefficient (Wildman–Crippen LogP) is 1.93. The Balaban J connectivity index is 2.29. The molecular formula is C14H16O6. The highest BCUT2D eigenvalue weighted by Gasteiger charge is 2.18. The monoisotopic (exact) mass is 280 g/mol. The van der Waals surface area contributed by atoms with E-state index in [0.29, 0.717) is 29.4 Å². The van der Waals surface area contributed by atoms with Crippen LogP contribution in [0.15, 0.2) is 18.2 Å². The van der Waals surface area contributed by atoms with E-state index in [4.69, 9.17) is 24.1 Å². The second-order valence-corrected chi connectivity index (χ2v) is 4.30. The Morgan fingerprint density at radius 2 is 2.15 bits per heavy atom. The van der Waals surface area contributed by atoms with Crippen LogP contribution in [0.4, 0.5) is 0 Å². The maximum atomic E-state index is 10.6. The van der Waals surface area contributed by atoms with Gasteiger partial charge in [-0.25, -0.2) is 4.79 Å². The minimum absolute atomic E-state index is 0.147. The first-order chi connectivity index (χ1) is 9.60. The number of fused-ring (bicyclic) bond motifs is 1. The highest BCUT2D eigenvalue weighted by Crippen LogP contribution is 2.39. The van der Waals surface area contributed by atoms with Gasteiger partial charge >= 0.3 is 5.97 Å². The van der Waals surface area contributed by atoms with Crippen LogP contribution < -0.4 is 14.2 Å². The lowest BCUT2D eigenvalue weighted by Crippen LogP contribution is -2.18. The Bertz CT molecular complexity index is 523. The Labute approximate surface area is 116 Å². The van der Waals surface area contributed by atoms with E-state index in [0.717, 1.165) is 6.08 Å². The number of carbonyl (C=O) groups is 1. The van der Waals surface area contributed by atoms with Crippen LogP contribution in [0.5, 0.6) is 17.2 Å². The quantitative estimate of drug-likeness (QED) is 0.802. The lowest BCUT2D eigenvalue weighted by Gasteiger charge is -2.16. The predicted molar refractivity (Wildman–Crippen MR) is 71.2 cm³/mol. The summed E-state index contributed by atoms with van der Waals surface area (Å²) in [6.07, 6.45) is 2.34. The van der Waals surface area contributed by atoms with Gasteiger partial charge in [0.05, 0.1) is 6.61 Å². The van der Waals surface area contributed by atoms with Gasteiger partial charge in [0, 0.05) is 24.8 Å². The molecule has 1 unspecified atom stereocenters. The Morgan fingerprint density at radius 1 is 1.45 bits per heavy atom. The van der Waals surface area contributed by atoms with Crippen molar-refractivity contribution in [3.05, 3.63) is 23.8 Å². The Morgan fingerprint density at radius 3 is 2.80 bits per heavy atom. The van der Waals surface area contributed by atoms with Crippen molar-refractivity contribution in [1.29, 1.82) is 0 Å². The number of rotatable bonds is 6. The molecule has 6 heteroatoms. The maximum Gasteiger partial charge on any atom is 0.328 e. The van der Waals surface area contributed by atoms with E-state index in [1.165, 1.54) is 6.08 Å². The largest absolute Gasteiger partial charge is 0.488 e. The summed E-state index contributed by atoms with van der Waals surface area (Å²) in [4.78, 5) is 10.6. The standard InChI is InChI=1S/C14H16O6/c1-9(7-17-2)20-11-6-13-12(18-8-19-13)5-10(11)3-4-14(15)16/h3-6,9H,7-8H2,1-2H3,(H,15,16). The van der Waals surface area contributed by atoms with Gasteiger partial charge in [0.2, 0.25) is 6.79 Å². The number of methoxy groups -OCH3 is 1. The lowest BCUT2D eigenvalue weighted by atomic mass is 10.1. The molecule has 20 heavy (non-hydrogen) atoms. The van der Waals surface area contributed by atoms with E-state index in [1.54, 1.807) is 19.2 Å². The Kier molecular flexibility index (Phi) is 4.47. The molecule has 1 N–H and O–H groups in total. The SMILES string of the molecule is COCC(C)Oc1cc2c(cc1C=CC(=O)O)OCO2. The molecule has 1 aliphatic heterocycles. The summed E-state index contributed by atoms with van der Waals surface area (Å²) in [6.45, 7) is 2.43. The molecule has 2 rings (SSSR count). The van der Waals surface area contributed by atoms with Crippen LogP contribution in [0.1, 0.15) is 12.5 Å². The molecule has 0 saturated heterocycles. The summed E-state index contributed by atoms with van der Waals surface area (Å²) in [5.41, 5.74) is 0.611. The number of aliphatic carboxylic acids is 1. The summed E-state index contributed by atoms with van der Waals surface area (Å²) in [5, 5.41) is 8.72. The fourth-order valence-corrected chi connectivity index (χ4v) is 1.82. The van der Waals surface area contributed by atoms with E-state index in [1.807, 2.05) is 6.92 Å². The van der Waals surface area contributed by atoms with Crippen molar-refractivity contribution in [1.82, 2.24) is 0 Å². The first kappa shape index (κ1) is 14.2. The molecule has 1 aromatic carbocycles. The third-order valence-corrected chi connectivity index (χ3v) is 2.64. The highest BCUT2D eigenvalue weighted by atomic mass is 16.7. The summed E-state index contributed by atoms with van der Waals surface area (Å²) in [5.74, 6) is 0.647. The molecule has 0 aliphatic carbocycles. The zero-order valence-electron chi connectivity index (χ0n) is 11.3. The van der Waals surface area contributed by atoms with E-state index in [-0.39, 0.29) is 12.9 Å². The maximum absolute atomic E-state index is 10.6. The number of benzene rings is 1. The van der Waals surface area contributed by atoms with Gasteiger partial charge in [0.25, 0.3) is 0 Å². The molecule has 1 atom stereocenters. The van der Waals surface area contributed by atoms with Crippen molar-refractivity contribution >= 4 is 12.0 Å². The van der Waals surface area contributed by atoms with Gasteiger partial charge in [0.1, 0.15) is 11.9 Å². The highest BCUT2D eigenvalue weighted by molar-refractivity contribution is 5.86. The van der Waals surface area contributed by atoms with Crippen LogP contribution in [0.2, 0.25) is 0 Å². The van der Waals surface area contributed by atoms with Gasteiger partial charge in [-0.05, 0) is 19.1 Å². The van der Waals surface area contributed by atoms with Gasteiger partial charge in [-0.15, -0.1) is 0 Å². The molecule has 0 aromatic heterocycles. The average Bonchev–Trinajstić information content (AvgIpc) is 2.83. The number of carboxylic acid groups (broad SMARTS) is 1. The van der Waals surface area contributed by atoms with Crippen molar-refractivity contribution in [2.75, 3.05) is 20.5 Å². The zero-order chi connectivity index (χ0) is 14.5. The molecule has 1 heterocycles. The van der Waals surface area contributed by atoms with Crippen LogP contribution in [0, 0.1) is 0 Å². The van der Waals surface area contributed by atoms with Gasteiger partial charge in [-0.1, -0.05) is 0 Å². The van der Waals surface area contributed by atoms with E-state index < -0.39 is 5.97 Å². The molecule has 0 radical (unpaired) electrons. The lowest BCUT2D eigenvalue weighted by molar-refractivity contribution is -0.131. The van der Waals surface area contributed by atoms with Gasteiger partial charge in [-0.2, -0.15) is 0 Å². The number of hydrogen-bond donors (Lipinski definition) is 1. The third-order valence-electron chi connectivity index (χ3n) is 2.64. The van der Waals surface area contributed by atoms with Gasteiger partial charge in [0.15, 0.2) is 11.5 Å². The molecule has 1 aromatic rings. The average molecular weight is 280 g/mol. The van der Waals surface area contributed by atoms with E-state index in [9.17, 15) is 4.79 Å². The number of ether oxygens (including phenoxy) is 4. The molecule has 0 fully saturated rings. The fraction of sp³-hybridized carbons (Fsp3) is 0.357. The second-order valence-electron chi connectivity index (χ2n) is 4.30. The molecule has 0 saturated carbocycles. The Hall–Kier alpha value is -2.21. The summed E-state index contributed by atoms with van der Waals surface area (Å²) in [7, 11) is 1.59. The summed E-state index contributed by atoms with van der Waals surface area (Å²) < 4.78 is 21.3. The van der Waals surface area contributed by atoms with Crippen LogP contribution in [0.25, 0.3) is 6.08 Å². The topological polar surface area (TPSA) is 74.2 Å². The van der Waals surface area contributed by atoms with Crippen molar-refractivity contribution in [2.24, 2.45) is 0 Å². The smallest absolute Gasteiger partial charge is 0.328 e. The second kappa shape index (κ2) is 6.29. The van der Waals surface area contributed by atoms with Crippen molar-refractivity contribution in [2.45, 2.75) is 13.0 Å². The van der Waals surface area contributed by atoms with Crippen LogP contribution >= 0.6 is 0 Å². The summed E-state index contributed by atoms with van der Waals surface area (Å²) >= 11 is 0. The van der Waals surface area contributed by atoms with Gasteiger partial charge < -0.3 is 24.1 Å². The molecule has 0 bridgehead atoms. The van der Waals surface area contributed by atoms with E-state index >= 15 is 0 Å². The van der Waals surface area contributed by atoms with E-state index in [2.05, 4.69) is 0 Å². The molecule has 6 nitrogen and oxygen atoms in total. The fourth-order valence-electron chi connectivity index (χ4n) is 1.82. The molecule has 0 spiro atoms. The van der Waals surface area contributed by atoms with Crippen molar-refractivity contribution < 1.29 is 28.8 Å². The molecule has 1 aliphatic rings. The van der Waals surface area contributed by atoms with Crippen LogP contribution in [0.3, 0.4) is 0 Å². The molecule has 0 amide bonds. The van der Waals surface area contributed by atoms with Crippen molar-refractivity contribution in [3.63, 3.8) is 0 Å². The minimum Gasteiger partial charge on any atom is -0.488 e. The molecule has 108 valence electrons. The number of hydrogen-bond acceptors (Lipinski definition) is 5. The first-order valence-electron chi connectivity index (χ1n) is 6.10. The minimum atomic E-state index is -1.03. The normalized spacial score (nSPS) is 14.5. The van der Waals surface area contributed by atoms with Gasteiger partial charge in [-0.3, -0.25) is 0 Å². The summed E-state index contributed by atoms with van der Waals surface area (Å²) in [6, 6.07) is 3.38. The molecular weight excluding hydrogens is 264 g/mol. The van der Waals surface area contributed by atoms with Crippen molar-refractivity contribution in [3.8, 4) is 17.2 Å². The first-order valence-corrected chi connectivity index (χ1v) is 6.10. The zero-order valence-corrected chi connectivity index (χ0v) is 11.3. The van der Waals surface area contributed by atoms with Crippen LogP contribution in [-0.4, -0.2) is 37.7 Å². The third kappa shape index (κ3) is 3.42. The number of carboxylic acids is 1.